The number of amides is 1. The van der Waals surface area contributed by atoms with Crippen LogP contribution in [0.1, 0.15) is 51.6 Å². The Kier molecular flexibility index (Phi) is 5.24. The van der Waals surface area contributed by atoms with Gasteiger partial charge >= 0.3 is 0 Å². The lowest BCUT2D eigenvalue weighted by molar-refractivity contribution is 0.0702. The van der Waals surface area contributed by atoms with Crippen LogP contribution in [0.25, 0.3) is 0 Å². The first kappa shape index (κ1) is 18.4. The third-order valence-electron chi connectivity index (χ3n) is 5.52. The summed E-state index contributed by atoms with van der Waals surface area (Å²) >= 11 is 0. The summed E-state index contributed by atoms with van der Waals surface area (Å²) in [4.78, 5) is 24.0. The lowest BCUT2D eigenvalue weighted by Crippen LogP contribution is -2.40. The third kappa shape index (κ3) is 3.84. The lowest BCUT2D eigenvalue weighted by atomic mass is 9.95. The number of carbonyl (C=O) groups excluding carboxylic acids is 1. The fourth-order valence-corrected chi connectivity index (χ4v) is 4.01. The molecule has 0 N–H and O–H groups in total. The molecule has 0 saturated carbocycles. The minimum atomic E-state index is 0.135. The van der Waals surface area contributed by atoms with Crippen molar-refractivity contribution in [2.24, 2.45) is 0 Å². The summed E-state index contributed by atoms with van der Waals surface area (Å²) < 4.78 is 2.19. The molecule has 0 radical (unpaired) electrons. The Balaban J connectivity index is 1.53. The van der Waals surface area contributed by atoms with E-state index in [1.807, 2.05) is 55.5 Å². The number of pyridine rings is 1. The molecule has 1 saturated heterocycles. The van der Waals surface area contributed by atoms with E-state index in [1.165, 1.54) is 0 Å². The van der Waals surface area contributed by atoms with Crippen molar-refractivity contribution >= 4 is 5.91 Å². The Labute approximate surface area is 166 Å². The molecule has 0 bridgehead atoms. The minimum absolute atomic E-state index is 0.135. The molecular weight excluding hydrogens is 348 g/mol. The fourth-order valence-electron chi connectivity index (χ4n) is 4.01. The van der Waals surface area contributed by atoms with Gasteiger partial charge in [0, 0.05) is 49.4 Å². The van der Waals surface area contributed by atoms with Gasteiger partial charge in [0.25, 0.3) is 5.91 Å². The van der Waals surface area contributed by atoms with Crippen LogP contribution in [-0.4, -0.2) is 38.4 Å². The van der Waals surface area contributed by atoms with E-state index in [0.717, 1.165) is 60.6 Å². The summed E-state index contributed by atoms with van der Waals surface area (Å²) in [5.74, 6) is 1.45. The van der Waals surface area contributed by atoms with E-state index in [4.69, 9.17) is 0 Å². The topological polar surface area (TPSA) is 51.0 Å². The zero-order chi connectivity index (χ0) is 19.5. The van der Waals surface area contributed by atoms with Crippen LogP contribution in [0, 0.1) is 13.8 Å². The highest BCUT2D eigenvalue weighted by molar-refractivity contribution is 5.96. The monoisotopic (exact) mass is 374 g/mol. The predicted octanol–water partition coefficient (Wildman–Crippen LogP) is 3.96. The molecule has 3 heterocycles. The summed E-state index contributed by atoms with van der Waals surface area (Å²) in [6.07, 6.45) is 9.61. The zero-order valence-electron chi connectivity index (χ0n) is 16.5. The number of imidazole rings is 1. The van der Waals surface area contributed by atoms with E-state index in [1.54, 1.807) is 6.20 Å². The van der Waals surface area contributed by atoms with E-state index in [2.05, 4.69) is 26.7 Å². The maximum atomic E-state index is 13.2. The quantitative estimate of drug-likeness (QED) is 0.694. The van der Waals surface area contributed by atoms with E-state index >= 15 is 0 Å². The number of nitrogens with zero attached hydrogens (tertiary/aromatic N) is 4. The minimum Gasteiger partial charge on any atom is -0.338 e. The molecule has 0 unspecified atom stereocenters. The van der Waals surface area contributed by atoms with Crippen molar-refractivity contribution in [3.05, 3.63) is 83.2 Å². The second-order valence-electron chi connectivity index (χ2n) is 7.68. The van der Waals surface area contributed by atoms with Crippen molar-refractivity contribution in [2.75, 3.05) is 13.1 Å². The summed E-state index contributed by atoms with van der Waals surface area (Å²) in [7, 11) is 0. The Morgan fingerprint density at radius 3 is 2.93 bits per heavy atom. The van der Waals surface area contributed by atoms with Gasteiger partial charge < -0.3 is 9.47 Å². The number of carbonyl (C=O) groups is 1. The molecule has 1 atom stereocenters. The number of aryl methyl sites for hydroxylation is 2. The maximum Gasteiger partial charge on any atom is 0.254 e. The van der Waals surface area contributed by atoms with Gasteiger partial charge in [-0.15, -0.1) is 0 Å². The molecule has 1 aliphatic heterocycles. The number of hydrogen-bond donors (Lipinski definition) is 0. The number of likely N-dealkylation sites (tertiary alicyclic amines) is 1. The van der Waals surface area contributed by atoms with Gasteiger partial charge in [0.2, 0.25) is 0 Å². The second-order valence-corrected chi connectivity index (χ2v) is 7.68. The van der Waals surface area contributed by atoms with Crippen molar-refractivity contribution in [1.82, 2.24) is 19.4 Å². The number of piperidine rings is 1. The summed E-state index contributed by atoms with van der Waals surface area (Å²) in [5.41, 5.74) is 4.13. The molecule has 3 aromatic rings. The van der Waals surface area contributed by atoms with Crippen LogP contribution in [0.3, 0.4) is 0 Å². The summed E-state index contributed by atoms with van der Waals surface area (Å²) in [5, 5.41) is 0. The molecule has 1 aliphatic rings. The van der Waals surface area contributed by atoms with Crippen LogP contribution in [0.4, 0.5) is 0 Å². The van der Waals surface area contributed by atoms with Gasteiger partial charge in [-0.2, -0.15) is 0 Å². The molecule has 2 aromatic heterocycles. The molecule has 1 fully saturated rings. The highest BCUT2D eigenvalue weighted by atomic mass is 16.2. The normalized spacial score (nSPS) is 16.9. The Bertz CT molecular complexity index is 964. The molecule has 0 aliphatic carbocycles. The average Bonchev–Trinajstić information content (AvgIpc) is 3.18. The largest absolute Gasteiger partial charge is 0.338 e. The van der Waals surface area contributed by atoms with Crippen molar-refractivity contribution in [2.45, 2.75) is 39.2 Å². The maximum absolute atomic E-state index is 13.2. The van der Waals surface area contributed by atoms with Crippen molar-refractivity contribution in [3.63, 3.8) is 0 Å². The van der Waals surface area contributed by atoms with Gasteiger partial charge in [-0.05, 0) is 49.9 Å². The number of rotatable bonds is 4. The lowest BCUT2D eigenvalue weighted by Gasteiger charge is -2.33. The van der Waals surface area contributed by atoms with Gasteiger partial charge in [-0.1, -0.05) is 23.8 Å². The molecular formula is C23H26N4O. The Hall–Kier alpha value is -2.95. The molecule has 4 rings (SSSR count). The van der Waals surface area contributed by atoms with Crippen LogP contribution in [0.5, 0.6) is 0 Å². The third-order valence-corrected chi connectivity index (χ3v) is 5.52. The van der Waals surface area contributed by atoms with Gasteiger partial charge in [-0.3, -0.25) is 9.78 Å². The highest BCUT2D eigenvalue weighted by Crippen LogP contribution is 2.28. The van der Waals surface area contributed by atoms with Gasteiger partial charge in [0.15, 0.2) is 0 Å². The van der Waals surface area contributed by atoms with Crippen molar-refractivity contribution in [1.29, 1.82) is 0 Å². The van der Waals surface area contributed by atoms with Crippen LogP contribution in [-0.2, 0) is 6.54 Å². The molecule has 1 amide bonds. The van der Waals surface area contributed by atoms with E-state index < -0.39 is 0 Å². The molecule has 0 spiro atoms. The van der Waals surface area contributed by atoms with E-state index in [-0.39, 0.29) is 11.8 Å². The number of hydrogen-bond acceptors (Lipinski definition) is 3. The SMILES string of the molecule is Cc1ccc(C)c(C(=O)N2CCC[C@@H](c3nccn3Cc3cccnc3)C2)c1. The first-order valence-electron chi connectivity index (χ1n) is 9.88. The Morgan fingerprint density at radius 2 is 2.11 bits per heavy atom. The average molecular weight is 374 g/mol. The Morgan fingerprint density at radius 1 is 1.21 bits per heavy atom. The predicted molar refractivity (Wildman–Crippen MR) is 109 cm³/mol. The molecule has 5 heteroatoms. The molecule has 144 valence electrons. The van der Waals surface area contributed by atoms with Crippen molar-refractivity contribution in [3.8, 4) is 0 Å². The molecule has 1 aromatic carbocycles. The number of benzene rings is 1. The van der Waals surface area contributed by atoms with Crippen LogP contribution < -0.4 is 0 Å². The van der Waals surface area contributed by atoms with Gasteiger partial charge in [0.1, 0.15) is 5.82 Å². The molecule has 28 heavy (non-hydrogen) atoms. The fraction of sp³-hybridized carbons (Fsp3) is 0.348. The first-order valence-corrected chi connectivity index (χ1v) is 9.88. The van der Waals surface area contributed by atoms with Crippen LogP contribution >= 0.6 is 0 Å². The first-order chi connectivity index (χ1) is 13.6. The zero-order valence-corrected chi connectivity index (χ0v) is 16.5. The van der Waals surface area contributed by atoms with Gasteiger partial charge in [0.05, 0.1) is 6.54 Å². The van der Waals surface area contributed by atoms with Gasteiger partial charge in [-0.25, -0.2) is 4.98 Å². The van der Waals surface area contributed by atoms with E-state index in [9.17, 15) is 4.79 Å². The van der Waals surface area contributed by atoms with E-state index in [0.29, 0.717) is 0 Å². The molecule has 5 nitrogen and oxygen atoms in total. The van der Waals surface area contributed by atoms with Crippen LogP contribution in [0.15, 0.2) is 55.1 Å². The van der Waals surface area contributed by atoms with Crippen molar-refractivity contribution < 1.29 is 4.79 Å². The standard InChI is InChI=1S/C23H26N4O/c1-17-7-8-18(2)21(13-17)23(28)27-11-4-6-20(16-27)22-25-10-12-26(22)15-19-5-3-9-24-14-19/h3,5,7-10,12-14,20H,4,6,11,15-16H2,1-2H3/t20-/m1/s1. The summed E-state index contributed by atoms with van der Waals surface area (Å²) in [6.45, 7) is 6.33. The highest BCUT2D eigenvalue weighted by Gasteiger charge is 2.28. The number of aromatic nitrogens is 3. The van der Waals surface area contributed by atoms with Crippen LogP contribution in [0.2, 0.25) is 0 Å². The summed E-state index contributed by atoms with van der Waals surface area (Å²) in [6, 6.07) is 10.1. The smallest absolute Gasteiger partial charge is 0.254 e. The second kappa shape index (κ2) is 7.97.